The van der Waals surface area contributed by atoms with Crippen molar-refractivity contribution in [3.8, 4) is 17.6 Å². The summed E-state index contributed by atoms with van der Waals surface area (Å²) in [6, 6.07) is 7.03. The molecule has 3 heteroatoms. The predicted octanol–water partition coefficient (Wildman–Crippen LogP) is 1.86. The van der Waals surface area contributed by atoms with Gasteiger partial charge in [0.25, 0.3) is 0 Å². The van der Waals surface area contributed by atoms with Gasteiger partial charge in [-0.3, -0.25) is 0 Å². The molecule has 0 aromatic heterocycles. The fourth-order valence-electron chi connectivity index (χ4n) is 1.08. The Kier molecular flexibility index (Phi) is 3.15. The topological polar surface area (TPSA) is 53.2 Å². The quantitative estimate of drug-likeness (QED) is 0.766. The number of aromatic hydroxyl groups is 1. The largest absolute Gasteiger partial charge is 0.508 e. The van der Waals surface area contributed by atoms with E-state index in [0.717, 1.165) is 5.56 Å². The van der Waals surface area contributed by atoms with Crippen LogP contribution in [-0.2, 0) is 6.42 Å². The van der Waals surface area contributed by atoms with E-state index in [1.165, 1.54) is 0 Å². The van der Waals surface area contributed by atoms with Crippen molar-refractivity contribution >= 4 is 0 Å². The highest BCUT2D eigenvalue weighted by atomic mass is 16.5. The molecule has 1 aromatic rings. The average molecular weight is 177 g/mol. The zero-order chi connectivity index (χ0) is 9.68. The van der Waals surface area contributed by atoms with Crippen LogP contribution in [0.1, 0.15) is 12.0 Å². The van der Waals surface area contributed by atoms with Gasteiger partial charge in [-0.05, 0) is 30.2 Å². The van der Waals surface area contributed by atoms with E-state index in [1.54, 1.807) is 25.3 Å². The minimum atomic E-state index is 0.219. The normalized spacial score (nSPS) is 9.23. The second-order valence-electron chi connectivity index (χ2n) is 2.65. The van der Waals surface area contributed by atoms with Crippen LogP contribution in [0.15, 0.2) is 18.2 Å². The minimum Gasteiger partial charge on any atom is -0.508 e. The van der Waals surface area contributed by atoms with Crippen LogP contribution in [0.25, 0.3) is 0 Å². The molecule has 0 saturated carbocycles. The Morgan fingerprint density at radius 1 is 1.54 bits per heavy atom. The van der Waals surface area contributed by atoms with Crippen molar-refractivity contribution in [2.24, 2.45) is 0 Å². The van der Waals surface area contributed by atoms with Crippen molar-refractivity contribution in [3.63, 3.8) is 0 Å². The average Bonchev–Trinajstić information content (AvgIpc) is 2.17. The third-order valence-electron chi connectivity index (χ3n) is 1.79. The summed E-state index contributed by atoms with van der Waals surface area (Å²) in [6.07, 6.45) is 0.959. The Hall–Kier alpha value is -1.69. The number of hydrogen-bond donors (Lipinski definition) is 1. The van der Waals surface area contributed by atoms with E-state index in [2.05, 4.69) is 0 Å². The van der Waals surface area contributed by atoms with Gasteiger partial charge < -0.3 is 9.84 Å². The molecule has 0 fully saturated rings. The van der Waals surface area contributed by atoms with Gasteiger partial charge in [0, 0.05) is 6.42 Å². The van der Waals surface area contributed by atoms with Gasteiger partial charge in [0.1, 0.15) is 11.5 Å². The molecule has 1 rings (SSSR count). The summed E-state index contributed by atoms with van der Waals surface area (Å²) in [4.78, 5) is 0. The number of aryl methyl sites for hydroxylation is 1. The molecular weight excluding hydrogens is 166 g/mol. The highest BCUT2D eigenvalue weighted by molar-refractivity contribution is 5.39. The number of ether oxygens (including phenoxy) is 1. The lowest BCUT2D eigenvalue weighted by atomic mass is 10.1. The molecule has 0 radical (unpaired) electrons. The second kappa shape index (κ2) is 4.36. The van der Waals surface area contributed by atoms with Crippen molar-refractivity contribution in [2.75, 3.05) is 7.11 Å². The molecule has 0 atom stereocenters. The Morgan fingerprint density at radius 2 is 2.31 bits per heavy atom. The molecular formula is C10H11NO2. The molecule has 13 heavy (non-hydrogen) atoms. The first kappa shape index (κ1) is 9.40. The molecule has 3 nitrogen and oxygen atoms in total. The van der Waals surface area contributed by atoms with E-state index in [-0.39, 0.29) is 5.75 Å². The molecule has 0 saturated heterocycles. The molecule has 0 bridgehead atoms. The molecule has 1 N–H and O–H groups in total. The van der Waals surface area contributed by atoms with Crippen molar-refractivity contribution in [1.29, 1.82) is 5.26 Å². The van der Waals surface area contributed by atoms with Gasteiger partial charge >= 0.3 is 0 Å². The Bertz CT molecular complexity index is 328. The lowest BCUT2D eigenvalue weighted by molar-refractivity contribution is 0.411. The molecule has 0 spiro atoms. The number of nitrogens with zero attached hydrogens (tertiary/aromatic N) is 1. The van der Waals surface area contributed by atoms with Crippen LogP contribution in [0.4, 0.5) is 0 Å². The van der Waals surface area contributed by atoms with E-state index in [1.807, 2.05) is 6.07 Å². The standard InChI is InChI=1S/C10H11NO2/c1-13-9-4-5-10(12)8(7-9)3-2-6-11/h4-5,7,12H,2-3H2,1H3. The third kappa shape index (κ3) is 2.38. The lowest BCUT2D eigenvalue weighted by Gasteiger charge is -2.04. The number of benzene rings is 1. The zero-order valence-corrected chi connectivity index (χ0v) is 7.45. The van der Waals surface area contributed by atoms with Crippen LogP contribution < -0.4 is 4.74 Å². The van der Waals surface area contributed by atoms with Crippen LogP contribution >= 0.6 is 0 Å². The van der Waals surface area contributed by atoms with Gasteiger partial charge in [0.15, 0.2) is 0 Å². The van der Waals surface area contributed by atoms with Gasteiger partial charge in [-0.1, -0.05) is 0 Å². The molecule has 0 amide bonds. The van der Waals surface area contributed by atoms with Gasteiger partial charge in [-0.15, -0.1) is 0 Å². The van der Waals surface area contributed by atoms with E-state index in [0.29, 0.717) is 18.6 Å². The fourth-order valence-corrected chi connectivity index (χ4v) is 1.08. The van der Waals surface area contributed by atoms with Crippen LogP contribution in [0.2, 0.25) is 0 Å². The SMILES string of the molecule is COc1ccc(O)c(CCC#N)c1. The van der Waals surface area contributed by atoms with Crippen LogP contribution in [0.3, 0.4) is 0 Å². The summed E-state index contributed by atoms with van der Waals surface area (Å²) in [5.74, 6) is 0.918. The maximum atomic E-state index is 9.39. The molecule has 0 aliphatic carbocycles. The van der Waals surface area contributed by atoms with Gasteiger partial charge in [0.05, 0.1) is 13.2 Å². The first-order valence-electron chi connectivity index (χ1n) is 4.00. The second-order valence-corrected chi connectivity index (χ2v) is 2.65. The zero-order valence-electron chi connectivity index (χ0n) is 7.45. The summed E-state index contributed by atoms with van der Waals surface area (Å²) >= 11 is 0. The third-order valence-corrected chi connectivity index (χ3v) is 1.79. The lowest BCUT2D eigenvalue weighted by Crippen LogP contribution is -1.88. The van der Waals surface area contributed by atoms with Gasteiger partial charge in [-0.25, -0.2) is 0 Å². The predicted molar refractivity (Wildman–Crippen MR) is 48.6 cm³/mol. The first-order chi connectivity index (χ1) is 6.27. The highest BCUT2D eigenvalue weighted by Gasteiger charge is 2.02. The number of methoxy groups -OCH3 is 1. The smallest absolute Gasteiger partial charge is 0.119 e. The summed E-state index contributed by atoms with van der Waals surface area (Å²) in [5.41, 5.74) is 0.751. The first-order valence-corrected chi connectivity index (χ1v) is 4.00. The molecule has 0 unspecified atom stereocenters. The number of phenols is 1. The molecule has 0 heterocycles. The van der Waals surface area contributed by atoms with Gasteiger partial charge in [0.2, 0.25) is 0 Å². The maximum Gasteiger partial charge on any atom is 0.119 e. The Labute approximate surface area is 77.2 Å². The number of rotatable bonds is 3. The van der Waals surface area contributed by atoms with Crippen LogP contribution in [0.5, 0.6) is 11.5 Å². The van der Waals surface area contributed by atoms with Gasteiger partial charge in [-0.2, -0.15) is 5.26 Å². The van der Waals surface area contributed by atoms with Crippen molar-refractivity contribution in [1.82, 2.24) is 0 Å². The summed E-state index contributed by atoms with van der Waals surface area (Å²) in [5, 5.41) is 17.8. The fraction of sp³-hybridized carbons (Fsp3) is 0.300. The van der Waals surface area contributed by atoms with E-state index in [9.17, 15) is 5.11 Å². The Balaban J connectivity index is 2.85. The molecule has 1 aromatic carbocycles. The van der Waals surface area contributed by atoms with E-state index < -0.39 is 0 Å². The minimum absolute atomic E-state index is 0.219. The van der Waals surface area contributed by atoms with Crippen LogP contribution in [-0.4, -0.2) is 12.2 Å². The highest BCUT2D eigenvalue weighted by Crippen LogP contribution is 2.23. The van der Waals surface area contributed by atoms with Crippen molar-refractivity contribution in [2.45, 2.75) is 12.8 Å². The summed E-state index contributed by atoms with van der Waals surface area (Å²) in [6.45, 7) is 0. The molecule has 0 aliphatic heterocycles. The van der Waals surface area contributed by atoms with Crippen molar-refractivity contribution < 1.29 is 9.84 Å². The molecule has 68 valence electrons. The maximum absolute atomic E-state index is 9.39. The molecule has 0 aliphatic rings. The summed E-state index contributed by atoms with van der Waals surface area (Å²) < 4.78 is 5.00. The van der Waals surface area contributed by atoms with Crippen molar-refractivity contribution in [3.05, 3.63) is 23.8 Å². The monoisotopic (exact) mass is 177 g/mol. The van der Waals surface area contributed by atoms with E-state index in [4.69, 9.17) is 10.00 Å². The number of phenolic OH excluding ortho intramolecular Hbond substituents is 1. The number of nitriles is 1. The summed E-state index contributed by atoms with van der Waals surface area (Å²) in [7, 11) is 1.57. The van der Waals surface area contributed by atoms with Crippen LogP contribution in [0, 0.1) is 11.3 Å². The van der Waals surface area contributed by atoms with E-state index >= 15 is 0 Å². The number of hydrogen-bond acceptors (Lipinski definition) is 3. The Morgan fingerprint density at radius 3 is 2.92 bits per heavy atom.